The number of hydrogen-bond donors (Lipinski definition) is 1. The van der Waals surface area contributed by atoms with E-state index in [0.29, 0.717) is 5.69 Å². The second kappa shape index (κ2) is 5.26. The molecule has 4 heteroatoms. The maximum Gasteiger partial charge on any atom is 0.244 e. The highest BCUT2D eigenvalue weighted by molar-refractivity contribution is 5.98. The summed E-state index contributed by atoms with van der Waals surface area (Å²) in [5, 5.41) is 0. The summed E-state index contributed by atoms with van der Waals surface area (Å²) >= 11 is 0. The minimum absolute atomic E-state index is 0.0929. The number of nitrogens with zero attached hydrogens (tertiary/aromatic N) is 1. The van der Waals surface area contributed by atoms with E-state index in [0.717, 1.165) is 0 Å². The summed E-state index contributed by atoms with van der Waals surface area (Å²) < 4.78 is 0. The van der Waals surface area contributed by atoms with Crippen molar-refractivity contribution in [3.8, 4) is 0 Å². The third-order valence-electron chi connectivity index (χ3n) is 1.95. The van der Waals surface area contributed by atoms with E-state index in [9.17, 15) is 9.59 Å². The first-order chi connectivity index (χ1) is 7.16. The zero-order valence-corrected chi connectivity index (χ0v) is 8.51. The molecule has 79 valence electrons. The Hall–Kier alpha value is -1.68. The first kappa shape index (κ1) is 11.4. The molecular weight excluding hydrogens is 192 g/mol. The van der Waals surface area contributed by atoms with Crippen molar-refractivity contribution >= 4 is 17.9 Å². The molecular formula is C11H13N2O2. The van der Waals surface area contributed by atoms with Crippen molar-refractivity contribution in [2.75, 3.05) is 11.4 Å². The Bertz CT molecular complexity index is 336. The molecule has 1 radical (unpaired) electrons. The van der Waals surface area contributed by atoms with Gasteiger partial charge in [0.2, 0.25) is 12.2 Å². The van der Waals surface area contributed by atoms with Crippen LogP contribution in [0, 0.1) is 0 Å². The average Bonchev–Trinajstić information content (AvgIpc) is 2.26. The molecule has 15 heavy (non-hydrogen) atoms. The Kier molecular flexibility index (Phi) is 4.00. The quantitative estimate of drug-likeness (QED) is 0.777. The van der Waals surface area contributed by atoms with Gasteiger partial charge in [0.15, 0.2) is 0 Å². The number of anilines is 1. The molecule has 2 N–H and O–H groups in total. The Morgan fingerprint density at radius 2 is 2.07 bits per heavy atom. The largest absolute Gasteiger partial charge is 0.320 e. The van der Waals surface area contributed by atoms with E-state index in [1.807, 2.05) is 6.07 Å². The molecule has 1 rings (SSSR count). The molecule has 0 heterocycles. The van der Waals surface area contributed by atoms with Crippen molar-refractivity contribution in [2.24, 2.45) is 5.73 Å². The minimum Gasteiger partial charge on any atom is -0.320 e. The summed E-state index contributed by atoms with van der Waals surface area (Å²) in [6.07, 6.45) is 1.70. The molecule has 0 aromatic heterocycles. The van der Waals surface area contributed by atoms with Crippen LogP contribution in [0.15, 0.2) is 30.3 Å². The minimum atomic E-state index is -0.626. The second-order valence-corrected chi connectivity index (χ2v) is 3.19. The molecule has 1 aromatic rings. The monoisotopic (exact) mass is 205 g/mol. The highest BCUT2D eigenvalue weighted by Gasteiger charge is 2.18. The molecule has 0 aliphatic rings. The molecule has 0 spiro atoms. The zero-order valence-electron chi connectivity index (χ0n) is 8.51. The summed E-state index contributed by atoms with van der Waals surface area (Å²) in [4.78, 5) is 23.3. The van der Waals surface area contributed by atoms with Crippen molar-refractivity contribution in [2.45, 2.75) is 13.0 Å². The summed E-state index contributed by atoms with van der Waals surface area (Å²) in [5.74, 6) is -0.287. The maximum atomic E-state index is 11.7. The highest BCUT2D eigenvalue weighted by atomic mass is 16.2. The summed E-state index contributed by atoms with van der Waals surface area (Å²) in [6, 6.07) is 8.29. The van der Waals surface area contributed by atoms with Crippen LogP contribution < -0.4 is 10.6 Å². The number of carbonyl (C=O) groups is 1. The van der Waals surface area contributed by atoms with Crippen molar-refractivity contribution in [1.82, 2.24) is 0 Å². The Morgan fingerprint density at radius 3 is 2.53 bits per heavy atom. The molecule has 0 aliphatic heterocycles. The van der Waals surface area contributed by atoms with E-state index < -0.39 is 6.04 Å². The van der Waals surface area contributed by atoms with Crippen LogP contribution in [0.5, 0.6) is 0 Å². The fraction of sp³-hybridized carbons (Fsp3) is 0.273. The normalized spacial score (nSPS) is 11.9. The number of rotatable bonds is 4. The molecule has 0 saturated carbocycles. The SMILES string of the molecule is CC(N)C(=O)N(C[C]=O)c1ccccc1. The zero-order chi connectivity index (χ0) is 11.3. The smallest absolute Gasteiger partial charge is 0.244 e. The molecule has 0 fully saturated rings. The predicted molar refractivity (Wildman–Crippen MR) is 58.1 cm³/mol. The van der Waals surface area contributed by atoms with Crippen LogP contribution in [0.1, 0.15) is 6.92 Å². The van der Waals surface area contributed by atoms with Crippen molar-refractivity contribution in [3.63, 3.8) is 0 Å². The molecule has 0 bridgehead atoms. The molecule has 1 unspecified atom stereocenters. The van der Waals surface area contributed by atoms with Crippen LogP contribution in [-0.4, -0.2) is 24.8 Å². The van der Waals surface area contributed by atoms with Crippen molar-refractivity contribution in [3.05, 3.63) is 30.3 Å². The van der Waals surface area contributed by atoms with Gasteiger partial charge in [0.05, 0.1) is 12.6 Å². The van der Waals surface area contributed by atoms with Crippen LogP contribution in [0.2, 0.25) is 0 Å². The lowest BCUT2D eigenvalue weighted by Gasteiger charge is -2.21. The van der Waals surface area contributed by atoms with Gasteiger partial charge in [-0.25, -0.2) is 0 Å². The lowest BCUT2D eigenvalue weighted by atomic mass is 10.2. The molecule has 0 aliphatic carbocycles. The van der Waals surface area contributed by atoms with E-state index in [1.54, 1.807) is 37.5 Å². The van der Waals surface area contributed by atoms with Gasteiger partial charge in [0.1, 0.15) is 0 Å². The van der Waals surface area contributed by atoms with Gasteiger partial charge < -0.3 is 10.6 Å². The molecule has 1 amide bonds. The van der Waals surface area contributed by atoms with E-state index >= 15 is 0 Å². The number of carbonyl (C=O) groups excluding carboxylic acids is 2. The van der Waals surface area contributed by atoms with Crippen LogP contribution >= 0.6 is 0 Å². The first-order valence-corrected chi connectivity index (χ1v) is 4.64. The van der Waals surface area contributed by atoms with Gasteiger partial charge in [-0.3, -0.25) is 9.59 Å². The fourth-order valence-electron chi connectivity index (χ4n) is 1.21. The van der Waals surface area contributed by atoms with E-state index in [-0.39, 0.29) is 12.5 Å². The van der Waals surface area contributed by atoms with Crippen molar-refractivity contribution < 1.29 is 9.59 Å². The number of benzene rings is 1. The van der Waals surface area contributed by atoms with Gasteiger partial charge in [-0.2, -0.15) is 0 Å². The Morgan fingerprint density at radius 1 is 1.47 bits per heavy atom. The lowest BCUT2D eigenvalue weighted by molar-refractivity contribution is -0.119. The summed E-state index contributed by atoms with van der Waals surface area (Å²) in [7, 11) is 0. The van der Waals surface area contributed by atoms with E-state index in [2.05, 4.69) is 0 Å². The summed E-state index contributed by atoms with van der Waals surface area (Å²) in [6.45, 7) is 1.49. The van der Waals surface area contributed by atoms with Crippen LogP contribution in [-0.2, 0) is 9.59 Å². The molecule has 1 atom stereocenters. The standard InChI is InChI=1S/C11H13N2O2/c1-9(12)11(15)13(7-8-14)10-5-3-2-4-6-10/h2-6,9H,7,12H2,1H3. The number of hydrogen-bond acceptors (Lipinski definition) is 3. The van der Waals surface area contributed by atoms with Gasteiger partial charge in [0, 0.05) is 5.69 Å². The Balaban J connectivity index is 2.93. The average molecular weight is 205 g/mol. The van der Waals surface area contributed by atoms with Gasteiger partial charge in [0.25, 0.3) is 0 Å². The topological polar surface area (TPSA) is 63.4 Å². The van der Waals surface area contributed by atoms with Crippen LogP contribution in [0.4, 0.5) is 5.69 Å². The lowest BCUT2D eigenvalue weighted by Crippen LogP contribution is -2.43. The predicted octanol–water partition coefficient (Wildman–Crippen LogP) is 0.477. The van der Waals surface area contributed by atoms with E-state index in [4.69, 9.17) is 5.73 Å². The first-order valence-electron chi connectivity index (χ1n) is 4.64. The van der Waals surface area contributed by atoms with E-state index in [1.165, 1.54) is 4.90 Å². The van der Waals surface area contributed by atoms with Gasteiger partial charge in [-0.1, -0.05) is 18.2 Å². The molecule has 0 saturated heterocycles. The molecule has 4 nitrogen and oxygen atoms in total. The molecule has 1 aromatic carbocycles. The van der Waals surface area contributed by atoms with Gasteiger partial charge in [-0.05, 0) is 19.1 Å². The van der Waals surface area contributed by atoms with Gasteiger partial charge >= 0.3 is 0 Å². The van der Waals surface area contributed by atoms with Crippen LogP contribution in [0.3, 0.4) is 0 Å². The number of para-hydroxylation sites is 1. The summed E-state index contributed by atoms with van der Waals surface area (Å²) in [5.41, 5.74) is 6.14. The third-order valence-corrected chi connectivity index (χ3v) is 1.95. The highest BCUT2D eigenvalue weighted by Crippen LogP contribution is 2.13. The Labute approximate surface area is 88.7 Å². The van der Waals surface area contributed by atoms with Crippen molar-refractivity contribution in [1.29, 1.82) is 0 Å². The van der Waals surface area contributed by atoms with Crippen LogP contribution in [0.25, 0.3) is 0 Å². The second-order valence-electron chi connectivity index (χ2n) is 3.19. The number of amides is 1. The third kappa shape index (κ3) is 2.89. The number of nitrogens with two attached hydrogens (primary N) is 1. The maximum absolute atomic E-state index is 11.7. The van der Waals surface area contributed by atoms with Gasteiger partial charge in [-0.15, -0.1) is 0 Å². The fourth-order valence-corrected chi connectivity index (χ4v) is 1.21.